The third-order valence-electron chi connectivity index (χ3n) is 5.52. The Morgan fingerprint density at radius 3 is 2.49 bits per heavy atom. The van der Waals surface area contributed by atoms with Crippen molar-refractivity contribution in [1.29, 1.82) is 0 Å². The van der Waals surface area contributed by atoms with Gasteiger partial charge in [0.1, 0.15) is 23.4 Å². The predicted octanol–water partition coefficient (Wildman–Crippen LogP) is 4.41. The third kappa shape index (κ3) is 6.91. The van der Waals surface area contributed by atoms with E-state index in [2.05, 4.69) is 27.2 Å². The Bertz CT molecular complexity index is 1190. The van der Waals surface area contributed by atoms with Gasteiger partial charge in [0.15, 0.2) is 12.1 Å². The first-order valence-electron chi connectivity index (χ1n) is 11.2. The van der Waals surface area contributed by atoms with Crippen molar-refractivity contribution in [3.8, 4) is 11.3 Å². The molecule has 1 aromatic heterocycles. The van der Waals surface area contributed by atoms with Crippen molar-refractivity contribution < 1.29 is 18.7 Å². The van der Waals surface area contributed by atoms with Crippen molar-refractivity contribution in [2.45, 2.75) is 38.3 Å². The van der Waals surface area contributed by atoms with Crippen LogP contribution in [0.15, 0.2) is 54.9 Å². The van der Waals surface area contributed by atoms with Crippen molar-refractivity contribution in [3.63, 3.8) is 0 Å². The van der Waals surface area contributed by atoms with Crippen LogP contribution in [0.5, 0.6) is 0 Å². The maximum absolute atomic E-state index is 13.4. The molecule has 1 aliphatic carbocycles. The standard InChI is InChI=1S/C22H20F2N4O2.C4H9N/c1-3-13-8-17(4-5-18(13)19-10-26-22(25)20(11-29)28-19)27-12(2)21(30)14-6-15(23)9-16(24)7-14;1-5-4-2-3-4/h4-11,21,27,30H,2-3H2,1H3,(H2,25,26);4-5H,2-3H2,1H3. The van der Waals surface area contributed by atoms with Crippen molar-refractivity contribution in [3.05, 3.63) is 83.3 Å². The average Bonchev–Trinajstić information content (AvgIpc) is 3.68. The Hall–Kier alpha value is -3.69. The summed E-state index contributed by atoms with van der Waals surface area (Å²) in [4.78, 5) is 19.3. The number of carbonyl (C=O) groups excluding carboxylic acids is 1. The molecule has 1 aliphatic rings. The molecule has 7 nitrogen and oxygen atoms in total. The van der Waals surface area contributed by atoms with Gasteiger partial charge in [-0.25, -0.2) is 18.7 Å². The second-order valence-corrected chi connectivity index (χ2v) is 8.19. The van der Waals surface area contributed by atoms with Crippen LogP contribution in [-0.2, 0) is 6.42 Å². The lowest BCUT2D eigenvalue weighted by Gasteiger charge is -2.18. The minimum atomic E-state index is -1.31. The van der Waals surface area contributed by atoms with E-state index in [1.807, 2.05) is 20.0 Å². The van der Waals surface area contributed by atoms with Crippen molar-refractivity contribution in [2.24, 2.45) is 0 Å². The van der Waals surface area contributed by atoms with Crippen molar-refractivity contribution in [2.75, 3.05) is 18.1 Å². The molecule has 1 saturated carbocycles. The molecular weight excluding hydrogens is 452 g/mol. The number of nitrogens with one attached hydrogen (secondary N) is 2. The summed E-state index contributed by atoms with van der Waals surface area (Å²) in [6.45, 7) is 5.72. The van der Waals surface area contributed by atoms with E-state index in [9.17, 15) is 18.7 Å². The van der Waals surface area contributed by atoms with Crippen LogP contribution >= 0.6 is 0 Å². The first-order valence-corrected chi connectivity index (χ1v) is 11.2. The summed E-state index contributed by atoms with van der Waals surface area (Å²) in [5.41, 5.74) is 8.70. The molecule has 184 valence electrons. The molecule has 4 rings (SSSR count). The van der Waals surface area contributed by atoms with E-state index in [0.717, 1.165) is 35.4 Å². The number of benzene rings is 2. The molecule has 1 heterocycles. The number of nitrogens with zero attached hydrogens (tertiary/aromatic N) is 2. The van der Waals surface area contributed by atoms with Gasteiger partial charge < -0.3 is 21.5 Å². The summed E-state index contributed by atoms with van der Waals surface area (Å²) in [5, 5.41) is 16.5. The van der Waals surface area contributed by atoms with Gasteiger partial charge in [0, 0.05) is 29.1 Å². The number of aromatic nitrogens is 2. The topological polar surface area (TPSA) is 113 Å². The molecule has 0 spiro atoms. The van der Waals surface area contributed by atoms with Crippen LogP contribution in [0.25, 0.3) is 11.3 Å². The van der Waals surface area contributed by atoms with Gasteiger partial charge in [-0.3, -0.25) is 4.79 Å². The van der Waals surface area contributed by atoms with Gasteiger partial charge in [-0.1, -0.05) is 19.6 Å². The number of nitrogen functional groups attached to an aromatic ring is 1. The number of aliphatic hydroxyl groups excluding tert-OH is 1. The molecule has 1 fully saturated rings. The van der Waals surface area contributed by atoms with Gasteiger partial charge in [-0.15, -0.1) is 0 Å². The number of rotatable bonds is 8. The van der Waals surface area contributed by atoms with Gasteiger partial charge in [-0.2, -0.15) is 0 Å². The zero-order valence-electron chi connectivity index (χ0n) is 19.7. The van der Waals surface area contributed by atoms with Crippen LogP contribution in [0.4, 0.5) is 20.3 Å². The lowest BCUT2D eigenvalue weighted by molar-refractivity contribution is 0.111. The zero-order valence-corrected chi connectivity index (χ0v) is 19.7. The smallest absolute Gasteiger partial charge is 0.172 e. The highest BCUT2D eigenvalue weighted by atomic mass is 19.1. The molecule has 0 amide bonds. The van der Waals surface area contributed by atoms with E-state index >= 15 is 0 Å². The van der Waals surface area contributed by atoms with Crippen LogP contribution in [0.1, 0.15) is 47.5 Å². The normalized spacial score (nSPS) is 13.4. The molecule has 1 atom stereocenters. The summed E-state index contributed by atoms with van der Waals surface area (Å²) in [7, 11) is 2.01. The fourth-order valence-corrected chi connectivity index (χ4v) is 3.40. The number of hydrogen-bond acceptors (Lipinski definition) is 7. The quantitative estimate of drug-likeness (QED) is 0.353. The van der Waals surface area contributed by atoms with E-state index in [-0.39, 0.29) is 22.8 Å². The van der Waals surface area contributed by atoms with E-state index in [1.54, 1.807) is 12.1 Å². The number of aldehydes is 1. The number of carbonyl (C=O) groups is 1. The lowest BCUT2D eigenvalue weighted by atomic mass is 10.0. The SMILES string of the molecule is C=C(Nc1ccc(-c2cnc(N)c(C=O)n2)c(CC)c1)C(O)c1cc(F)cc(F)c1.CNC1CC1. The minimum Gasteiger partial charge on any atom is -0.382 e. The monoisotopic (exact) mass is 481 g/mol. The van der Waals surface area contributed by atoms with Gasteiger partial charge in [0.05, 0.1) is 11.9 Å². The number of halogens is 2. The van der Waals surface area contributed by atoms with E-state index in [1.165, 1.54) is 19.0 Å². The average molecular weight is 482 g/mol. The first-order chi connectivity index (χ1) is 16.7. The zero-order chi connectivity index (χ0) is 25.5. The summed E-state index contributed by atoms with van der Waals surface area (Å²) in [5.74, 6) is -1.51. The van der Waals surface area contributed by atoms with Crippen LogP contribution in [-0.4, -0.2) is 34.5 Å². The Kier molecular flexibility index (Phi) is 8.62. The first kappa shape index (κ1) is 25.9. The molecular formula is C26H29F2N5O2. The summed E-state index contributed by atoms with van der Waals surface area (Å²) < 4.78 is 26.8. The molecule has 35 heavy (non-hydrogen) atoms. The molecule has 2 aromatic carbocycles. The summed E-state index contributed by atoms with van der Waals surface area (Å²) >= 11 is 0. The molecule has 0 bridgehead atoms. The van der Waals surface area contributed by atoms with Crippen molar-refractivity contribution in [1.82, 2.24) is 15.3 Å². The minimum absolute atomic E-state index is 0.0517. The van der Waals surface area contributed by atoms with Crippen LogP contribution in [0.3, 0.4) is 0 Å². The van der Waals surface area contributed by atoms with Crippen LogP contribution in [0, 0.1) is 11.6 Å². The molecule has 5 N–H and O–H groups in total. The van der Waals surface area contributed by atoms with E-state index in [4.69, 9.17) is 5.73 Å². The molecule has 0 radical (unpaired) electrons. The number of anilines is 2. The number of hydrogen-bond donors (Lipinski definition) is 4. The fraction of sp³-hybridized carbons (Fsp3) is 0.269. The highest BCUT2D eigenvalue weighted by molar-refractivity contribution is 5.80. The maximum Gasteiger partial charge on any atom is 0.172 e. The van der Waals surface area contributed by atoms with Crippen LogP contribution in [0.2, 0.25) is 0 Å². The Labute approximate surface area is 203 Å². The van der Waals surface area contributed by atoms with Gasteiger partial charge in [0.2, 0.25) is 0 Å². The summed E-state index contributed by atoms with van der Waals surface area (Å²) in [6, 6.07) is 9.06. The largest absolute Gasteiger partial charge is 0.382 e. The molecule has 3 aromatic rings. The maximum atomic E-state index is 13.4. The summed E-state index contributed by atoms with van der Waals surface area (Å²) in [6.07, 6.45) is 4.18. The van der Waals surface area contributed by atoms with Crippen LogP contribution < -0.4 is 16.4 Å². The van der Waals surface area contributed by atoms with Crippen molar-refractivity contribution >= 4 is 17.8 Å². The molecule has 0 aliphatic heterocycles. The highest BCUT2D eigenvalue weighted by Crippen LogP contribution is 2.29. The molecule has 9 heteroatoms. The third-order valence-corrected chi connectivity index (χ3v) is 5.52. The van der Waals surface area contributed by atoms with Gasteiger partial charge in [0.25, 0.3) is 0 Å². The van der Waals surface area contributed by atoms with Gasteiger partial charge in [-0.05, 0) is 61.7 Å². The number of aliphatic hydroxyl groups is 1. The van der Waals surface area contributed by atoms with E-state index < -0.39 is 17.7 Å². The Morgan fingerprint density at radius 1 is 1.26 bits per heavy atom. The number of nitrogens with two attached hydrogens (primary N) is 1. The molecule has 0 saturated heterocycles. The second-order valence-electron chi connectivity index (χ2n) is 8.19. The van der Waals surface area contributed by atoms with E-state index in [0.29, 0.717) is 24.1 Å². The highest BCUT2D eigenvalue weighted by Gasteiger charge is 2.17. The Balaban J connectivity index is 0.000000607. The second kappa shape index (κ2) is 11.6. The predicted molar refractivity (Wildman–Crippen MR) is 133 cm³/mol. The Morgan fingerprint density at radius 2 is 1.94 bits per heavy atom. The lowest BCUT2D eigenvalue weighted by Crippen LogP contribution is -2.10. The van der Waals surface area contributed by atoms with Gasteiger partial charge >= 0.3 is 0 Å². The fourth-order valence-electron chi connectivity index (χ4n) is 3.40. The molecule has 1 unspecified atom stereocenters. The number of aryl methyl sites for hydroxylation is 1.